The first-order valence-corrected chi connectivity index (χ1v) is 4.87. The lowest BCUT2D eigenvalue weighted by atomic mass is 10.1. The average Bonchev–Trinajstić information content (AvgIpc) is 2.27. The molecule has 1 aromatic heterocycles. The molecule has 0 spiro atoms. The van der Waals surface area contributed by atoms with Crippen LogP contribution in [0.5, 0.6) is 5.75 Å². The van der Waals surface area contributed by atoms with Gasteiger partial charge >= 0.3 is 0 Å². The number of pyridine rings is 1. The summed E-state index contributed by atoms with van der Waals surface area (Å²) in [6.07, 6.45) is 0. The van der Waals surface area contributed by atoms with E-state index in [0.717, 1.165) is 16.7 Å². The highest BCUT2D eigenvalue weighted by atomic mass is 16.5. The van der Waals surface area contributed by atoms with Crippen molar-refractivity contribution in [2.75, 3.05) is 7.11 Å². The zero-order valence-corrected chi connectivity index (χ0v) is 9.15. The minimum Gasteiger partial charge on any atom is -0.496 e. The lowest BCUT2D eigenvalue weighted by Gasteiger charge is -2.08. The Labute approximate surface area is 93.0 Å². The summed E-state index contributed by atoms with van der Waals surface area (Å²) < 4.78 is 5.25. The Kier molecular flexibility index (Phi) is 2.48. The molecular weight excluding hydrogens is 204 g/mol. The van der Waals surface area contributed by atoms with Crippen LogP contribution in [0.15, 0.2) is 24.3 Å². The van der Waals surface area contributed by atoms with Crippen LogP contribution in [0.3, 0.4) is 0 Å². The number of methoxy groups -OCH3 is 1. The largest absolute Gasteiger partial charge is 0.496 e. The van der Waals surface area contributed by atoms with Gasteiger partial charge in [0.05, 0.1) is 12.6 Å². The van der Waals surface area contributed by atoms with Crippen LogP contribution in [-0.2, 0) is 0 Å². The van der Waals surface area contributed by atoms with Crippen molar-refractivity contribution >= 4 is 16.8 Å². The number of benzene rings is 1. The summed E-state index contributed by atoms with van der Waals surface area (Å²) in [6, 6.07) is 7.20. The van der Waals surface area contributed by atoms with Gasteiger partial charge in [-0.1, -0.05) is 6.07 Å². The Hall–Kier alpha value is -2.10. The third-order valence-corrected chi connectivity index (χ3v) is 2.47. The number of rotatable bonds is 2. The molecule has 1 amide bonds. The van der Waals surface area contributed by atoms with Gasteiger partial charge < -0.3 is 10.5 Å². The quantitative estimate of drug-likeness (QED) is 0.830. The highest BCUT2D eigenvalue weighted by Gasteiger charge is 2.10. The van der Waals surface area contributed by atoms with Gasteiger partial charge in [-0.2, -0.15) is 0 Å². The fourth-order valence-electron chi connectivity index (χ4n) is 1.74. The number of hydrogen-bond donors (Lipinski definition) is 1. The first-order valence-electron chi connectivity index (χ1n) is 4.87. The van der Waals surface area contributed by atoms with Crippen LogP contribution in [0.25, 0.3) is 10.9 Å². The maximum atomic E-state index is 11.1. The normalized spacial score (nSPS) is 10.4. The molecule has 16 heavy (non-hydrogen) atoms. The van der Waals surface area contributed by atoms with E-state index in [0.29, 0.717) is 5.52 Å². The third-order valence-electron chi connectivity index (χ3n) is 2.47. The number of ether oxygens (including phenoxy) is 1. The predicted octanol–water partition coefficient (Wildman–Crippen LogP) is 1.65. The highest BCUT2D eigenvalue weighted by Crippen LogP contribution is 2.27. The maximum absolute atomic E-state index is 11.1. The van der Waals surface area contributed by atoms with E-state index in [9.17, 15) is 4.79 Å². The zero-order chi connectivity index (χ0) is 11.7. The topological polar surface area (TPSA) is 65.2 Å². The van der Waals surface area contributed by atoms with Gasteiger partial charge in [-0.25, -0.2) is 4.98 Å². The first-order chi connectivity index (χ1) is 7.63. The van der Waals surface area contributed by atoms with Crippen molar-refractivity contribution in [3.63, 3.8) is 0 Å². The van der Waals surface area contributed by atoms with Crippen molar-refractivity contribution in [1.29, 1.82) is 0 Å². The second-order valence-electron chi connectivity index (χ2n) is 3.54. The SMILES string of the molecule is COc1cccc2nc(C(N)=O)cc(C)c12. The van der Waals surface area contributed by atoms with Gasteiger partial charge in [0.1, 0.15) is 11.4 Å². The van der Waals surface area contributed by atoms with Crippen molar-refractivity contribution in [3.05, 3.63) is 35.5 Å². The zero-order valence-electron chi connectivity index (χ0n) is 9.15. The second kappa shape index (κ2) is 3.81. The van der Waals surface area contributed by atoms with Crippen LogP contribution in [0, 0.1) is 6.92 Å². The maximum Gasteiger partial charge on any atom is 0.267 e. The summed E-state index contributed by atoms with van der Waals surface area (Å²) in [6.45, 7) is 1.90. The van der Waals surface area contributed by atoms with E-state index in [1.54, 1.807) is 13.2 Å². The molecule has 0 aliphatic carbocycles. The molecule has 2 N–H and O–H groups in total. The Morgan fingerprint density at radius 1 is 1.44 bits per heavy atom. The monoisotopic (exact) mass is 216 g/mol. The molecule has 82 valence electrons. The number of primary amides is 1. The molecule has 0 saturated heterocycles. The van der Waals surface area contributed by atoms with Gasteiger partial charge in [0, 0.05) is 5.39 Å². The number of aromatic nitrogens is 1. The summed E-state index contributed by atoms with van der Waals surface area (Å²) in [5.74, 6) is 0.228. The summed E-state index contributed by atoms with van der Waals surface area (Å²) in [7, 11) is 1.61. The van der Waals surface area contributed by atoms with Crippen molar-refractivity contribution in [3.8, 4) is 5.75 Å². The number of carbonyl (C=O) groups excluding carboxylic acids is 1. The lowest BCUT2D eigenvalue weighted by molar-refractivity contribution is 0.0996. The summed E-state index contributed by atoms with van der Waals surface area (Å²) in [5.41, 5.74) is 7.13. The number of aryl methyl sites for hydroxylation is 1. The Balaban J connectivity index is 2.80. The lowest BCUT2D eigenvalue weighted by Crippen LogP contribution is -2.13. The molecule has 0 atom stereocenters. The van der Waals surface area contributed by atoms with Gasteiger partial charge in [0.15, 0.2) is 0 Å². The van der Waals surface area contributed by atoms with Crippen LogP contribution in [0.1, 0.15) is 16.1 Å². The molecule has 0 radical (unpaired) electrons. The van der Waals surface area contributed by atoms with Crippen LogP contribution in [0.2, 0.25) is 0 Å². The Bertz CT molecular complexity index is 564. The van der Waals surface area contributed by atoms with Crippen molar-refractivity contribution in [2.24, 2.45) is 5.73 Å². The molecule has 2 rings (SSSR count). The van der Waals surface area contributed by atoms with Crippen molar-refractivity contribution < 1.29 is 9.53 Å². The third kappa shape index (κ3) is 1.58. The van der Waals surface area contributed by atoms with E-state index >= 15 is 0 Å². The van der Waals surface area contributed by atoms with Gasteiger partial charge in [0.25, 0.3) is 5.91 Å². The molecule has 0 saturated carbocycles. The number of hydrogen-bond acceptors (Lipinski definition) is 3. The molecular formula is C12H12N2O2. The van der Waals surface area contributed by atoms with Crippen molar-refractivity contribution in [2.45, 2.75) is 6.92 Å². The molecule has 0 fully saturated rings. The minimum atomic E-state index is -0.521. The average molecular weight is 216 g/mol. The minimum absolute atomic E-state index is 0.276. The van der Waals surface area contributed by atoms with Gasteiger partial charge in [0.2, 0.25) is 0 Å². The summed E-state index contributed by atoms with van der Waals surface area (Å²) in [4.78, 5) is 15.3. The molecule has 1 heterocycles. The molecule has 0 aliphatic rings. The number of nitrogens with zero attached hydrogens (tertiary/aromatic N) is 1. The fraction of sp³-hybridized carbons (Fsp3) is 0.167. The van der Waals surface area contributed by atoms with Crippen molar-refractivity contribution in [1.82, 2.24) is 4.98 Å². The smallest absolute Gasteiger partial charge is 0.267 e. The second-order valence-corrected chi connectivity index (χ2v) is 3.54. The highest BCUT2D eigenvalue weighted by molar-refractivity contribution is 5.96. The van der Waals surface area contributed by atoms with E-state index in [-0.39, 0.29) is 5.69 Å². The summed E-state index contributed by atoms with van der Waals surface area (Å²) >= 11 is 0. The van der Waals surface area contributed by atoms with E-state index in [1.165, 1.54) is 0 Å². The van der Waals surface area contributed by atoms with Gasteiger partial charge in [-0.15, -0.1) is 0 Å². The van der Waals surface area contributed by atoms with E-state index in [4.69, 9.17) is 10.5 Å². The van der Waals surface area contributed by atoms with E-state index in [2.05, 4.69) is 4.98 Å². The first kappa shape index (κ1) is 10.4. The van der Waals surface area contributed by atoms with Crippen LogP contribution < -0.4 is 10.5 Å². The van der Waals surface area contributed by atoms with Crippen LogP contribution >= 0.6 is 0 Å². The predicted molar refractivity (Wildman–Crippen MR) is 61.5 cm³/mol. The number of amides is 1. The number of nitrogens with two attached hydrogens (primary N) is 1. The molecule has 2 aromatic rings. The van der Waals surface area contributed by atoms with Gasteiger partial charge in [-0.3, -0.25) is 4.79 Å². The molecule has 4 nitrogen and oxygen atoms in total. The van der Waals surface area contributed by atoms with Gasteiger partial charge in [-0.05, 0) is 30.7 Å². The Morgan fingerprint density at radius 3 is 2.81 bits per heavy atom. The van der Waals surface area contributed by atoms with Crippen LogP contribution in [0.4, 0.5) is 0 Å². The van der Waals surface area contributed by atoms with E-state index in [1.807, 2.05) is 25.1 Å². The molecule has 0 unspecified atom stereocenters. The number of fused-ring (bicyclic) bond motifs is 1. The number of carbonyl (C=O) groups is 1. The summed E-state index contributed by atoms with van der Waals surface area (Å²) in [5, 5.41) is 0.912. The molecule has 0 bridgehead atoms. The molecule has 0 aliphatic heterocycles. The van der Waals surface area contributed by atoms with Crippen LogP contribution in [-0.4, -0.2) is 18.0 Å². The standard InChI is InChI=1S/C12H12N2O2/c1-7-6-9(12(13)15)14-8-4-3-5-10(16-2)11(7)8/h3-6H,1-2H3,(H2,13,15). The molecule has 4 heteroatoms. The fourth-order valence-corrected chi connectivity index (χ4v) is 1.74. The van der Waals surface area contributed by atoms with E-state index < -0.39 is 5.91 Å². The molecule has 1 aromatic carbocycles. The Morgan fingerprint density at radius 2 is 2.19 bits per heavy atom.